The van der Waals surface area contributed by atoms with Gasteiger partial charge in [-0.15, -0.1) is 24.8 Å². The van der Waals surface area contributed by atoms with Crippen molar-refractivity contribution in [2.75, 3.05) is 19.6 Å². The maximum atomic E-state index is 12.1. The van der Waals surface area contributed by atoms with Gasteiger partial charge in [0.05, 0.1) is 6.04 Å². The molecule has 120 valence electrons. The zero-order chi connectivity index (χ0) is 13.3. The van der Waals surface area contributed by atoms with Gasteiger partial charge < -0.3 is 20.7 Å². The Hall–Kier alpha value is -0.230. The Kier molecular flexibility index (Phi) is 7.60. The van der Waals surface area contributed by atoms with E-state index >= 15 is 0 Å². The van der Waals surface area contributed by atoms with E-state index < -0.39 is 5.60 Å². The normalized spacial score (nSPS) is 29.6. The molecule has 5 nitrogen and oxygen atoms in total. The average Bonchev–Trinajstić information content (AvgIpc) is 2.24. The minimum absolute atomic E-state index is 0. The Labute approximate surface area is 133 Å². The number of likely N-dealkylation sites (tertiary alicyclic amines) is 1. The van der Waals surface area contributed by atoms with Crippen LogP contribution in [0, 0.1) is 5.92 Å². The molecule has 2 heterocycles. The van der Waals surface area contributed by atoms with Gasteiger partial charge in [0.25, 0.3) is 0 Å². The fourth-order valence-electron chi connectivity index (χ4n) is 2.84. The van der Waals surface area contributed by atoms with Gasteiger partial charge in [-0.2, -0.15) is 0 Å². The van der Waals surface area contributed by atoms with Gasteiger partial charge in [-0.1, -0.05) is 0 Å². The molecule has 2 rings (SSSR count). The molecule has 2 aliphatic rings. The highest BCUT2D eigenvalue weighted by atomic mass is 35.5. The van der Waals surface area contributed by atoms with Gasteiger partial charge in [-0.05, 0) is 52.6 Å². The van der Waals surface area contributed by atoms with Crippen LogP contribution in [0.5, 0.6) is 0 Å². The number of carbonyl (C=O) groups excluding carboxylic acids is 1. The molecule has 0 aromatic heterocycles. The lowest BCUT2D eigenvalue weighted by Crippen LogP contribution is -2.70. The second-order valence-corrected chi connectivity index (χ2v) is 6.39. The first-order valence-electron chi connectivity index (χ1n) is 6.84. The first-order valence-corrected chi connectivity index (χ1v) is 6.84. The molecular formula is C13H27Cl2N3O2. The first-order chi connectivity index (χ1) is 8.38. The zero-order valence-electron chi connectivity index (χ0n) is 12.4. The monoisotopic (exact) mass is 327 g/mol. The molecule has 3 unspecified atom stereocenters. The fraction of sp³-hybridized carbons (Fsp3) is 0.923. The third kappa shape index (κ3) is 4.65. The van der Waals surface area contributed by atoms with Gasteiger partial charge in [0.1, 0.15) is 5.60 Å². The predicted octanol–water partition coefficient (Wildman–Crippen LogP) is 1.78. The second kappa shape index (κ2) is 7.69. The lowest BCUT2D eigenvalue weighted by molar-refractivity contribution is -0.0299. The molecule has 0 aliphatic carbocycles. The molecule has 2 aliphatic heterocycles. The third-order valence-corrected chi connectivity index (χ3v) is 3.65. The minimum Gasteiger partial charge on any atom is -0.444 e. The maximum Gasteiger partial charge on any atom is 0.410 e. The number of carbonyl (C=O) groups is 1. The lowest BCUT2D eigenvalue weighted by Gasteiger charge is -2.50. The molecule has 3 atom stereocenters. The molecule has 7 heteroatoms. The van der Waals surface area contributed by atoms with E-state index in [0.29, 0.717) is 12.5 Å². The summed E-state index contributed by atoms with van der Waals surface area (Å²) < 4.78 is 5.42. The van der Waals surface area contributed by atoms with Crippen LogP contribution >= 0.6 is 24.8 Å². The van der Waals surface area contributed by atoms with Gasteiger partial charge >= 0.3 is 6.09 Å². The molecule has 1 amide bonds. The number of nitrogens with one attached hydrogen (secondary N) is 1. The predicted molar refractivity (Wildman–Crippen MR) is 84.8 cm³/mol. The van der Waals surface area contributed by atoms with Crippen LogP contribution in [0.25, 0.3) is 0 Å². The average molecular weight is 328 g/mol. The van der Waals surface area contributed by atoms with Crippen LogP contribution in [-0.4, -0.2) is 48.3 Å². The van der Waals surface area contributed by atoms with Crippen LogP contribution in [-0.2, 0) is 4.74 Å². The summed E-state index contributed by atoms with van der Waals surface area (Å²) in [5.41, 5.74) is 5.63. The molecule has 0 saturated carbocycles. The fourth-order valence-corrected chi connectivity index (χ4v) is 2.84. The number of nitrogens with zero attached hydrogens (tertiary/aromatic N) is 1. The molecule has 2 fully saturated rings. The Bertz CT molecular complexity index is 317. The summed E-state index contributed by atoms with van der Waals surface area (Å²) in [6.07, 6.45) is 2.08. The van der Waals surface area contributed by atoms with Crippen LogP contribution in [0.1, 0.15) is 33.6 Å². The van der Waals surface area contributed by atoms with E-state index in [-0.39, 0.29) is 43.0 Å². The summed E-state index contributed by atoms with van der Waals surface area (Å²) in [5, 5.41) is 3.38. The molecule has 0 spiro atoms. The number of piperidine rings is 1. The SMILES string of the molecule is CC(C)(C)OC(=O)N1CC(N)C1C1CCCNC1.Cl.Cl. The summed E-state index contributed by atoms with van der Waals surface area (Å²) in [6, 6.07) is 0.245. The summed E-state index contributed by atoms with van der Waals surface area (Å²) in [7, 11) is 0. The summed E-state index contributed by atoms with van der Waals surface area (Å²) in [6.45, 7) is 8.32. The van der Waals surface area contributed by atoms with Gasteiger partial charge in [0.15, 0.2) is 0 Å². The topological polar surface area (TPSA) is 67.6 Å². The lowest BCUT2D eigenvalue weighted by atomic mass is 9.81. The standard InChI is InChI=1S/C13H25N3O2.2ClH/c1-13(2,3)18-12(17)16-8-10(14)11(16)9-5-4-6-15-7-9;;/h9-11,15H,4-8,14H2,1-3H3;2*1H. The number of nitrogens with two attached hydrogens (primary N) is 1. The van der Waals surface area contributed by atoms with Crippen molar-refractivity contribution in [3.05, 3.63) is 0 Å². The van der Waals surface area contributed by atoms with Crippen molar-refractivity contribution in [1.29, 1.82) is 0 Å². The highest BCUT2D eigenvalue weighted by molar-refractivity contribution is 5.85. The van der Waals surface area contributed by atoms with E-state index in [1.54, 1.807) is 4.90 Å². The third-order valence-electron chi connectivity index (χ3n) is 3.65. The largest absolute Gasteiger partial charge is 0.444 e. The highest BCUT2D eigenvalue weighted by Gasteiger charge is 2.45. The smallest absolute Gasteiger partial charge is 0.410 e. The van der Waals surface area contributed by atoms with Crippen molar-refractivity contribution >= 4 is 30.9 Å². The Morgan fingerprint density at radius 1 is 1.35 bits per heavy atom. The van der Waals surface area contributed by atoms with E-state index in [4.69, 9.17) is 10.5 Å². The van der Waals surface area contributed by atoms with Crippen LogP contribution in [0.4, 0.5) is 4.79 Å². The van der Waals surface area contributed by atoms with Crippen LogP contribution in [0.15, 0.2) is 0 Å². The molecule has 3 N–H and O–H groups in total. The van der Waals surface area contributed by atoms with Crippen molar-refractivity contribution < 1.29 is 9.53 Å². The first kappa shape index (κ1) is 19.8. The van der Waals surface area contributed by atoms with Crippen molar-refractivity contribution in [3.63, 3.8) is 0 Å². The Morgan fingerprint density at radius 3 is 2.45 bits per heavy atom. The Balaban J connectivity index is 0.00000180. The van der Waals surface area contributed by atoms with Crippen molar-refractivity contribution in [1.82, 2.24) is 10.2 Å². The molecule has 0 radical (unpaired) electrons. The van der Waals surface area contributed by atoms with Gasteiger partial charge in [0.2, 0.25) is 0 Å². The molecule has 0 aromatic carbocycles. The number of halogens is 2. The summed E-state index contributed by atoms with van der Waals surface area (Å²) in [5.74, 6) is 0.468. The van der Waals surface area contributed by atoms with Gasteiger partial charge in [-0.3, -0.25) is 0 Å². The number of ether oxygens (including phenoxy) is 1. The second-order valence-electron chi connectivity index (χ2n) is 6.39. The molecule has 2 saturated heterocycles. The van der Waals surface area contributed by atoms with E-state index in [0.717, 1.165) is 25.9 Å². The van der Waals surface area contributed by atoms with Crippen molar-refractivity contribution in [2.45, 2.75) is 51.3 Å². The van der Waals surface area contributed by atoms with Gasteiger partial charge in [-0.25, -0.2) is 4.79 Å². The van der Waals surface area contributed by atoms with E-state index in [1.165, 1.54) is 0 Å². The van der Waals surface area contributed by atoms with Crippen LogP contribution in [0.3, 0.4) is 0 Å². The Morgan fingerprint density at radius 2 is 2.00 bits per heavy atom. The minimum atomic E-state index is -0.438. The van der Waals surface area contributed by atoms with E-state index in [2.05, 4.69) is 5.32 Å². The molecular weight excluding hydrogens is 301 g/mol. The van der Waals surface area contributed by atoms with Gasteiger partial charge in [0, 0.05) is 12.6 Å². The molecule has 20 heavy (non-hydrogen) atoms. The number of hydrogen-bond acceptors (Lipinski definition) is 4. The van der Waals surface area contributed by atoms with Crippen LogP contribution < -0.4 is 11.1 Å². The number of amides is 1. The van der Waals surface area contributed by atoms with Crippen LogP contribution in [0.2, 0.25) is 0 Å². The number of hydrogen-bond donors (Lipinski definition) is 2. The number of rotatable bonds is 1. The zero-order valence-corrected chi connectivity index (χ0v) is 14.1. The van der Waals surface area contributed by atoms with E-state index in [1.807, 2.05) is 20.8 Å². The van der Waals surface area contributed by atoms with Crippen molar-refractivity contribution in [2.24, 2.45) is 11.7 Å². The summed E-state index contributed by atoms with van der Waals surface area (Å²) >= 11 is 0. The summed E-state index contributed by atoms with van der Waals surface area (Å²) in [4.78, 5) is 13.9. The quantitative estimate of drug-likeness (QED) is 0.770. The molecule has 0 bridgehead atoms. The maximum absolute atomic E-state index is 12.1. The molecule has 0 aromatic rings. The van der Waals surface area contributed by atoms with Crippen molar-refractivity contribution in [3.8, 4) is 0 Å². The van der Waals surface area contributed by atoms with E-state index in [9.17, 15) is 4.79 Å². The highest BCUT2D eigenvalue weighted by Crippen LogP contribution is 2.29.